The second-order valence-electron chi connectivity index (χ2n) is 4.55. The second kappa shape index (κ2) is 8.96. The Kier molecular flexibility index (Phi) is 6.68. The Hall–Kier alpha value is -2.93. The van der Waals surface area contributed by atoms with Gasteiger partial charge in [0, 0.05) is 6.07 Å². The number of aromatic nitrogens is 2. The van der Waals surface area contributed by atoms with Gasteiger partial charge in [-0.3, -0.25) is 19.7 Å². The van der Waals surface area contributed by atoms with Crippen LogP contribution in [0.5, 0.6) is 5.75 Å². The van der Waals surface area contributed by atoms with Crippen LogP contribution in [0.2, 0.25) is 0 Å². The molecule has 13 heteroatoms. The normalized spacial score (nSPS) is 10.2. The number of amides is 1. The van der Waals surface area contributed by atoms with Gasteiger partial charge in [0.1, 0.15) is 5.75 Å². The quantitative estimate of drug-likeness (QED) is 0.287. The second-order valence-corrected chi connectivity index (χ2v) is 6.78. The van der Waals surface area contributed by atoms with Crippen LogP contribution in [0.1, 0.15) is 0 Å². The highest BCUT2D eigenvalue weighted by Gasteiger charge is 2.15. The van der Waals surface area contributed by atoms with E-state index in [1.165, 1.54) is 25.3 Å². The SMILES string of the molecule is COc1cc([N+](=O)[O-])ccc1NC(=O)COC(=O)CSc1nnc(N)s1. The number of hydrogen-bond acceptors (Lipinski definition) is 11. The molecule has 1 aromatic heterocycles. The molecule has 2 rings (SSSR count). The van der Waals surface area contributed by atoms with Gasteiger partial charge in [-0.25, -0.2) is 0 Å². The molecule has 1 amide bonds. The van der Waals surface area contributed by atoms with Crippen LogP contribution in [0.15, 0.2) is 22.5 Å². The Morgan fingerprint density at radius 3 is 2.81 bits per heavy atom. The summed E-state index contributed by atoms with van der Waals surface area (Å²) in [5.41, 5.74) is 5.46. The maximum atomic E-state index is 11.9. The van der Waals surface area contributed by atoms with Crippen molar-refractivity contribution in [3.63, 3.8) is 0 Å². The van der Waals surface area contributed by atoms with Crippen LogP contribution in [-0.4, -0.2) is 46.5 Å². The molecule has 0 atom stereocenters. The number of rotatable bonds is 8. The minimum Gasteiger partial charge on any atom is -0.494 e. The average molecular weight is 399 g/mol. The first-order chi connectivity index (χ1) is 12.4. The van der Waals surface area contributed by atoms with Gasteiger partial charge >= 0.3 is 5.97 Å². The topological polar surface area (TPSA) is 160 Å². The maximum Gasteiger partial charge on any atom is 0.316 e. The number of nitrogens with one attached hydrogen (secondary N) is 1. The molecule has 26 heavy (non-hydrogen) atoms. The summed E-state index contributed by atoms with van der Waals surface area (Å²) >= 11 is 2.22. The zero-order valence-corrected chi connectivity index (χ0v) is 15.0. The van der Waals surface area contributed by atoms with E-state index in [1.807, 2.05) is 0 Å². The third-order valence-electron chi connectivity index (χ3n) is 2.77. The van der Waals surface area contributed by atoms with Crippen LogP contribution >= 0.6 is 23.1 Å². The number of nitro benzene ring substituents is 1. The van der Waals surface area contributed by atoms with E-state index in [9.17, 15) is 19.7 Å². The van der Waals surface area contributed by atoms with Crippen molar-refractivity contribution in [3.05, 3.63) is 28.3 Å². The Bertz CT molecular complexity index is 827. The van der Waals surface area contributed by atoms with Crippen molar-refractivity contribution in [2.45, 2.75) is 4.34 Å². The average Bonchev–Trinajstić information content (AvgIpc) is 3.03. The zero-order valence-electron chi connectivity index (χ0n) is 13.3. The fourth-order valence-corrected chi connectivity index (χ4v) is 3.10. The van der Waals surface area contributed by atoms with E-state index in [-0.39, 0.29) is 28.0 Å². The van der Waals surface area contributed by atoms with Crippen molar-refractivity contribution in [2.75, 3.05) is 30.5 Å². The molecule has 1 heterocycles. The summed E-state index contributed by atoms with van der Waals surface area (Å²) in [6, 6.07) is 3.72. The molecule has 0 fully saturated rings. The van der Waals surface area contributed by atoms with E-state index in [4.69, 9.17) is 15.2 Å². The molecule has 0 aliphatic carbocycles. The van der Waals surface area contributed by atoms with E-state index in [2.05, 4.69) is 15.5 Å². The van der Waals surface area contributed by atoms with E-state index in [1.54, 1.807) is 0 Å². The van der Waals surface area contributed by atoms with Crippen LogP contribution in [0.3, 0.4) is 0 Å². The molecule has 0 aliphatic rings. The molecular weight excluding hydrogens is 386 g/mol. The number of nitro groups is 1. The molecule has 3 N–H and O–H groups in total. The predicted octanol–water partition coefficient (Wildman–Crippen LogP) is 1.31. The minimum atomic E-state index is -0.616. The number of carbonyl (C=O) groups excluding carboxylic acids is 2. The molecule has 0 radical (unpaired) electrons. The first kappa shape index (κ1) is 19.4. The molecular formula is C13H13N5O6S2. The van der Waals surface area contributed by atoms with Crippen molar-refractivity contribution >= 4 is 51.5 Å². The van der Waals surface area contributed by atoms with Gasteiger partial charge in [0.2, 0.25) is 5.13 Å². The number of benzene rings is 1. The number of anilines is 2. The number of thioether (sulfide) groups is 1. The monoisotopic (exact) mass is 399 g/mol. The molecule has 0 saturated heterocycles. The fraction of sp³-hybridized carbons (Fsp3) is 0.231. The lowest BCUT2D eigenvalue weighted by Crippen LogP contribution is -2.21. The number of nitrogens with two attached hydrogens (primary N) is 1. The lowest BCUT2D eigenvalue weighted by molar-refractivity contribution is -0.384. The van der Waals surface area contributed by atoms with Gasteiger partial charge in [-0.1, -0.05) is 23.1 Å². The van der Waals surface area contributed by atoms with Gasteiger partial charge < -0.3 is 20.5 Å². The minimum absolute atomic E-state index is 0.0528. The van der Waals surface area contributed by atoms with Gasteiger partial charge in [-0.2, -0.15) is 0 Å². The number of esters is 1. The number of non-ortho nitro benzene ring substituents is 1. The number of ether oxygens (including phenoxy) is 2. The molecule has 2 aromatic rings. The highest BCUT2D eigenvalue weighted by Crippen LogP contribution is 2.29. The van der Waals surface area contributed by atoms with Gasteiger partial charge in [-0.05, 0) is 6.07 Å². The highest BCUT2D eigenvalue weighted by atomic mass is 32.2. The Morgan fingerprint density at radius 2 is 2.19 bits per heavy atom. The first-order valence-corrected chi connectivity index (χ1v) is 8.69. The zero-order chi connectivity index (χ0) is 19.1. The lowest BCUT2D eigenvalue weighted by atomic mass is 10.2. The maximum absolute atomic E-state index is 11.9. The number of methoxy groups -OCH3 is 1. The third-order valence-corrected chi connectivity index (χ3v) is 4.63. The summed E-state index contributed by atoms with van der Waals surface area (Å²) in [6.07, 6.45) is 0. The van der Waals surface area contributed by atoms with Crippen molar-refractivity contribution < 1.29 is 24.0 Å². The van der Waals surface area contributed by atoms with Crippen molar-refractivity contribution in [1.29, 1.82) is 0 Å². The summed E-state index contributed by atoms with van der Waals surface area (Å²) in [7, 11) is 1.31. The first-order valence-electron chi connectivity index (χ1n) is 6.88. The van der Waals surface area contributed by atoms with Crippen LogP contribution in [0.25, 0.3) is 0 Å². The number of nitrogen functional groups attached to an aromatic ring is 1. The van der Waals surface area contributed by atoms with Gasteiger partial charge in [-0.15, -0.1) is 10.2 Å². The molecule has 0 bridgehead atoms. The fourth-order valence-electron chi connectivity index (χ4n) is 1.67. The van der Waals surface area contributed by atoms with Crippen LogP contribution in [-0.2, 0) is 14.3 Å². The van der Waals surface area contributed by atoms with E-state index in [0.29, 0.717) is 4.34 Å². The van der Waals surface area contributed by atoms with Crippen LogP contribution < -0.4 is 15.8 Å². The van der Waals surface area contributed by atoms with E-state index < -0.39 is 23.4 Å². The highest BCUT2D eigenvalue weighted by molar-refractivity contribution is 8.01. The summed E-state index contributed by atoms with van der Waals surface area (Å²) in [4.78, 5) is 33.6. The summed E-state index contributed by atoms with van der Waals surface area (Å²) in [5, 5.41) is 20.8. The van der Waals surface area contributed by atoms with Crippen LogP contribution in [0, 0.1) is 10.1 Å². The predicted molar refractivity (Wildman–Crippen MR) is 94.3 cm³/mol. The summed E-state index contributed by atoms with van der Waals surface area (Å²) in [6.45, 7) is -0.516. The molecule has 11 nitrogen and oxygen atoms in total. The Labute approximate surface area is 155 Å². The van der Waals surface area contributed by atoms with Crippen molar-refractivity contribution in [3.8, 4) is 5.75 Å². The molecule has 0 spiro atoms. The standard InChI is InChI=1S/C13H13N5O6S2/c1-23-9-4-7(18(21)22)2-3-8(9)15-10(19)5-24-11(20)6-25-13-17-16-12(14)26-13/h2-4H,5-6H2,1H3,(H2,14,16)(H,15,19). The number of nitrogens with zero attached hydrogens (tertiary/aromatic N) is 3. The summed E-state index contributed by atoms with van der Waals surface area (Å²) < 4.78 is 10.4. The van der Waals surface area contributed by atoms with Gasteiger partial charge in [0.25, 0.3) is 11.6 Å². The van der Waals surface area contributed by atoms with Gasteiger partial charge in [0.05, 0.1) is 29.5 Å². The summed E-state index contributed by atoms with van der Waals surface area (Å²) in [5.74, 6) is -1.17. The third kappa shape index (κ3) is 5.56. The van der Waals surface area contributed by atoms with Crippen LogP contribution in [0.4, 0.5) is 16.5 Å². The van der Waals surface area contributed by atoms with Gasteiger partial charge in [0.15, 0.2) is 10.9 Å². The molecule has 138 valence electrons. The number of carbonyl (C=O) groups is 2. The van der Waals surface area contributed by atoms with E-state index >= 15 is 0 Å². The Morgan fingerprint density at radius 1 is 1.42 bits per heavy atom. The molecule has 0 saturated carbocycles. The van der Waals surface area contributed by atoms with E-state index in [0.717, 1.165) is 23.1 Å². The smallest absolute Gasteiger partial charge is 0.316 e. The lowest BCUT2D eigenvalue weighted by Gasteiger charge is -2.10. The molecule has 0 unspecified atom stereocenters. The largest absolute Gasteiger partial charge is 0.494 e. The molecule has 0 aliphatic heterocycles. The molecule has 1 aromatic carbocycles. The van der Waals surface area contributed by atoms with Crippen molar-refractivity contribution in [2.24, 2.45) is 0 Å². The van der Waals surface area contributed by atoms with Crippen molar-refractivity contribution in [1.82, 2.24) is 10.2 Å². The Balaban J connectivity index is 1.82. The number of hydrogen-bond donors (Lipinski definition) is 2.